The molecule has 2 aromatic carbocycles. The van der Waals surface area contributed by atoms with E-state index >= 15 is 0 Å². The van der Waals surface area contributed by atoms with Crippen LogP contribution in [-0.2, 0) is 18.3 Å². The van der Waals surface area contributed by atoms with Crippen LogP contribution in [-0.4, -0.2) is 36.5 Å². The van der Waals surface area contributed by atoms with Crippen LogP contribution < -0.4 is 0 Å². The zero-order valence-electron chi connectivity index (χ0n) is 17.1. The summed E-state index contributed by atoms with van der Waals surface area (Å²) in [5.41, 5.74) is 4.37. The summed E-state index contributed by atoms with van der Waals surface area (Å²) in [6.45, 7) is 4.26. The highest BCUT2D eigenvalue weighted by molar-refractivity contribution is 6.72. The maximum atomic E-state index is 6.63. The molecule has 2 atom stereocenters. The number of ether oxygens (including phenoxy) is 2. The summed E-state index contributed by atoms with van der Waals surface area (Å²) in [4.78, 5) is 0. The zero-order valence-corrected chi connectivity index (χ0v) is 18.1. The molecule has 2 aliphatic carbocycles. The third kappa shape index (κ3) is 3.06. The first-order valence-electron chi connectivity index (χ1n) is 9.69. The lowest BCUT2D eigenvalue weighted by Crippen LogP contribution is -2.54. The van der Waals surface area contributed by atoms with Crippen LogP contribution in [0.3, 0.4) is 0 Å². The number of fused-ring (bicyclic) bond motifs is 2. The largest absolute Gasteiger partial charge is 0.501 e. The van der Waals surface area contributed by atoms with Crippen LogP contribution in [0.5, 0.6) is 0 Å². The standard InChI is InChI=1S/C24H26O4Si/c1-5-14-28-29(27-4,23-19-12-8-6-10-17(19)15-21(23)25-2)24-20-13-9-7-11-18(20)16-22(24)26-3/h5-13,15-16,23-24H,1,14H2,2-4H3. The second kappa shape index (κ2) is 8.03. The van der Waals surface area contributed by atoms with Gasteiger partial charge in [-0.25, -0.2) is 0 Å². The predicted octanol–water partition coefficient (Wildman–Crippen LogP) is 4.93. The molecule has 0 radical (unpaired) electrons. The summed E-state index contributed by atoms with van der Waals surface area (Å²) in [5.74, 6) is 1.73. The van der Waals surface area contributed by atoms with Crippen molar-refractivity contribution in [3.05, 3.63) is 95.0 Å². The Morgan fingerprint density at radius 2 is 1.31 bits per heavy atom. The van der Waals surface area contributed by atoms with E-state index < -0.39 is 8.56 Å². The molecule has 0 saturated carbocycles. The van der Waals surface area contributed by atoms with Gasteiger partial charge in [0.1, 0.15) is 11.5 Å². The number of methoxy groups -OCH3 is 2. The summed E-state index contributed by atoms with van der Waals surface area (Å²) >= 11 is 0. The Balaban J connectivity index is 1.94. The molecule has 0 aromatic heterocycles. The summed E-state index contributed by atoms with van der Waals surface area (Å²) in [6, 6.07) is 16.7. The lowest BCUT2D eigenvalue weighted by Gasteiger charge is -2.40. The van der Waals surface area contributed by atoms with Gasteiger partial charge in [-0.15, -0.1) is 6.58 Å². The van der Waals surface area contributed by atoms with Crippen molar-refractivity contribution in [2.75, 3.05) is 27.9 Å². The number of allylic oxidation sites excluding steroid dienone is 2. The molecule has 2 aromatic rings. The second-order valence-electron chi connectivity index (χ2n) is 7.15. The minimum Gasteiger partial charge on any atom is -0.501 e. The Labute approximate surface area is 173 Å². The topological polar surface area (TPSA) is 36.9 Å². The van der Waals surface area contributed by atoms with Crippen LogP contribution in [0, 0.1) is 0 Å². The van der Waals surface area contributed by atoms with E-state index in [4.69, 9.17) is 18.3 Å². The van der Waals surface area contributed by atoms with Gasteiger partial charge in [-0.1, -0.05) is 54.6 Å². The molecule has 0 fully saturated rings. The van der Waals surface area contributed by atoms with Crippen LogP contribution in [0.1, 0.15) is 33.3 Å². The maximum absolute atomic E-state index is 6.63. The zero-order chi connectivity index (χ0) is 20.4. The minimum absolute atomic E-state index is 0.122. The SMILES string of the molecule is C=CCO[Si](OC)(C1C(OC)=Cc2ccccc21)C1C(OC)=Cc2ccccc21. The molecule has 0 heterocycles. The molecule has 4 rings (SSSR count). The fraction of sp³-hybridized carbons (Fsp3) is 0.250. The Kier molecular flexibility index (Phi) is 5.45. The molecule has 0 amide bonds. The Morgan fingerprint density at radius 1 is 0.828 bits per heavy atom. The van der Waals surface area contributed by atoms with Gasteiger partial charge in [0.2, 0.25) is 0 Å². The fourth-order valence-corrected chi connectivity index (χ4v) is 8.81. The van der Waals surface area contributed by atoms with Gasteiger partial charge < -0.3 is 18.3 Å². The van der Waals surface area contributed by atoms with Crippen molar-refractivity contribution in [1.29, 1.82) is 0 Å². The lowest BCUT2D eigenvalue weighted by atomic mass is 10.1. The molecule has 150 valence electrons. The molecule has 0 bridgehead atoms. The van der Waals surface area contributed by atoms with Gasteiger partial charge in [-0.05, 0) is 34.4 Å². The predicted molar refractivity (Wildman–Crippen MR) is 117 cm³/mol. The highest BCUT2D eigenvalue weighted by Gasteiger charge is 2.60. The quantitative estimate of drug-likeness (QED) is 0.460. The Hall–Kier alpha value is -2.60. The van der Waals surface area contributed by atoms with E-state index in [0.29, 0.717) is 6.61 Å². The first-order chi connectivity index (χ1) is 14.2. The normalized spacial score (nSPS) is 21.5. The van der Waals surface area contributed by atoms with Crippen molar-refractivity contribution in [2.45, 2.75) is 11.1 Å². The molecular formula is C24H26O4Si. The summed E-state index contributed by atoms with van der Waals surface area (Å²) in [5, 5.41) is 0. The van der Waals surface area contributed by atoms with Gasteiger partial charge >= 0.3 is 8.56 Å². The average molecular weight is 407 g/mol. The van der Waals surface area contributed by atoms with Gasteiger partial charge in [-0.2, -0.15) is 0 Å². The summed E-state index contributed by atoms with van der Waals surface area (Å²) in [7, 11) is 2.12. The van der Waals surface area contributed by atoms with E-state index in [1.54, 1.807) is 27.4 Å². The van der Waals surface area contributed by atoms with Crippen molar-refractivity contribution in [3.63, 3.8) is 0 Å². The first kappa shape index (κ1) is 19.7. The van der Waals surface area contributed by atoms with Gasteiger partial charge in [0, 0.05) is 7.11 Å². The van der Waals surface area contributed by atoms with E-state index in [-0.39, 0.29) is 11.1 Å². The molecule has 2 aliphatic rings. The summed E-state index contributed by atoms with van der Waals surface area (Å²) in [6.07, 6.45) is 5.96. The highest BCUT2D eigenvalue weighted by Crippen LogP contribution is 2.53. The molecule has 0 saturated heterocycles. The Morgan fingerprint density at radius 3 is 1.72 bits per heavy atom. The van der Waals surface area contributed by atoms with Crippen LogP contribution in [0.2, 0.25) is 0 Å². The molecule has 29 heavy (non-hydrogen) atoms. The van der Waals surface area contributed by atoms with E-state index in [0.717, 1.165) is 22.6 Å². The van der Waals surface area contributed by atoms with Crippen molar-refractivity contribution < 1.29 is 18.3 Å². The number of rotatable bonds is 8. The van der Waals surface area contributed by atoms with Gasteiger partial charge in [0.15, 0.2) is 0 Å². The molecular weight excluding hydrogens is 380 g/mol. The van der Waals surface area contributed by atoms with Gasteiger partial charge in [-0.3, -0.25) is 0 Å². The third-order valence-corrected chi connectivity index (χ3v) is 9.86. The summed E-state index contributed by atoms with van der Waals surface area (Å²) < 4.78 is 24.8. The van der Waals surface area contributed by atoms with Gasteiger partial charge in [0.25, 0.3) is 0 Å². The number of hydrogen-bond acceptors (Lipinski definition) is 4. The van der Waals surface area contributed by atoms with E-state index in [1.807, 2.05) is 12.1 Å². The molecule has 0 N–H and O–H groups in total. The lowest BCUT2D eigenvalue weighted by molar-refractivity contribution is 0.176. The van der Waals surface area contributed by atoms with Crippen molar-refractivity contribution >= 4 is 20.7 Å². The minimum atomic E-state index is -3.05. The molecule has 2 unspecified atom stereocenters. The highest BCUT2D eigenvalue weighted by atomic mass is 28.4. The van der Waals surface area contributed by atoms with Gasteiger partial charge in [0.05, 0.1) is 31.9 Å². The van der Waals surface area contributed by atoms with Crippen molar-refractivity contribution in [3.8, 4) is 0 Å². The number of benzene rings is 2. The van der Waals surface area contributed by atoms with E-state index in [2.05, 4.69) is 55.1 Å². The number of hydrogen-bond donors (Lipinski definition) is 0. The Bertz CT molecular complexity index is 909. The smallest absolute Gasteiger partial charge is 0.369 e. The first-order valence-corrected chi connectivity index (χ1v) is 11.7. The molecule has 5 heteroatoms. The fourth-order valence-electron chi connectivity index (χ4n) is 4.59. The van der Waals surface area contributed by atoms with Crippen LogP contribution in [0.4, 0.5) is 0 Å². The molecule has 4 nitrogen and oxygen atoms in total. The average Bonchev–Trinajstić information content (AvgIpc) is 3.34. The van der Waals surface area contributed by atoms with Crippen LogP contribution >= 0.6 is 0 Å². The molecule has 0 aliphatic heterocycles. The maximum Gasteiger partial charge on any atom is 0.369 e. The monoisotopic (exact) mass is 406 g/mol. The second-order valence-corrected chi connectivity index (χ2v) is 10.4. The molecule has 0 spiro atoms. The van der Waals surface area contributed by atoms with Crippen LogP contribution in [0.25, 0.3) is 12.2 Å². The van der Waals surface area contributed by atoms with E-state index in [1.165, 1.54) is 11.1 Å². The van der Waals surface area contributed by atoms with Crippen molar-refractivity contribution in [2.24, 2.45) is 0 Å². The van der Waals surface area contributed by atoms with Crippen molar-refractivity contribution in [1.82, 2.24) is 0 Å². The third-order valence-electron chi connectivity index (χ3n) is 5.80. The van der Waals surface area contributed by atoms with Crippen LogP contribution in [0.15, 0.2) is 72.7 Å². The van der Waals surface area contributed by atoms with E-state index in [9.17, 15) is 0 Å².